The van der Waals surface area contributed by atoms with Crippen molar-refractivity contribution in [2.45, 2.75) is 37.3 Å². The van der Waals surface area contributed by atoms with E-state index < -0.39 is 5.54 Å². The molecule has 1 aliphatic carbocycles. The number of ketones is 1. The van der Waals surface area contributed by atoms with Crippen molar-refractivity contribution in [2.75, 3.05) is 5.73 Å². The van der Waals surface area contributed by atoms with Crippen LogP contribution in [-0.4, -0.2) is 17.4 Å². The Morgan fingerprint density at radius 2 is 2.11 bits per heavy atom. The van der Waals surface area contributed by atoms with Crippen LogP contribution in [0.15, 0.2) is 22.7 Å². The van der Waals surface area contributed by atoms with Crippen LogP contribution in [0.3, 0.4) is 0 Å². The van der Waals surface area contributed by atoms with Gasteiger partial charge in [-0.15, -0.1) is 0 Å². The summed E-state index contributed by atoms with van der Waals surface area (Å²) in [4.78, 5) is 12.5. The van der Waals surface area contributed by atoms with Gasteiger partial charge in [0.25, 0.3) is 0 Å². The number of hydrogen-bond donors (Lipinski definition) is 3. The van der Waals surface area contributed by atoms with E-state index in [-0.39, 0.29) is 11.8 Å². The molecule has 0 aliphatic heterocycles. The van der Waals surface area contributed by atoms with Gasteiger partial charge in [-0.05, 0) is 47.0 Å². The molecule has 1 aromatic rings. The molecule has 2 rings (SSSR count). The molecule has 2 atom stereocenters. The maximum atomic E-state index is 12.5. The van der Waals surface area contributed by atoms with Gasteiger partial charge in [-0.1, -0.05) is 12.8 Å². The molecule has 5 heteroatoms. The van der Waals surface area contributed by atoms with Crippen LogP contribution in [0.25, 0.3) is 0 Å². The van der Waals surface area contributed by atoms with E-state index in [0.29, 0.717) is 22.1 Å². The van der Waals surface area contributed by atoms with Gasteiger partial charge in [0.15, 0.2) is 5.78 Å². The van der Waals surface area contributed by atoms with Gasteiger partial charge < -0.3 is 17.2 Å². The zero-order valence-electron chi connectivity index (χ0n) is 10.2. The minimum absolute atomic E-state index is 0.0876. The van der Waals surface area contributed by atoms with Gasteiger partial charge in [-0.2, -0.15) is 0 Å². The number of nitrogen functional groups attached to an aromatic ring is 1. The summed E-state index contributed by atoms with van der Waals surface area (Å²) >= 11 is 3.32. The topological polar surface area (TPSA) is 95.1 Å². The molecule has 2 unspecified atom stereocenters. The first-order valence-electron chi connectivity index (χ1n) is 6.09. The molecule has 4 nitrogen and oxygen atoms in total. The van der Waals surface area contributed by atoms with Gasteiger partial charge in [0.2, 0.25) is 0 Å². The number of carbonyl (C=O) groups is 1. The van der Waals surface area contributed by atoms with E-state index >= 15 is 0 Å². The number of nitrogens with two attached hydrogens (primary N) is 3. The minimum atomic E-state index is -0.937. The fraction of sp³-hybridized carbons (Fsp3) is 0.462. The molecule has 0 saturated heterocycles. The maximum Gasteiger partial charge on any atom is 0.184 e. The predicted octanol–water partition coefficient (Wildman–Crippen LogP) is 1.81. The summed E-state index contributed by atoms with van der Waals surface area (Å²) in [5, 5.41) is 0. The normalized spacial score (nSPS) is 28.1. The Morgan fingerprint density at radius 3 is 2.72 bits per heavy atom. The molecule has 0 radical (unpaired) electrons. The maximum absolute atomic E-state index is 12.5. The molecule has 0 spiro atoms. The van der Waals surface area contributed by atoms with E-state index in [1.54, 1.807) is 18.2 Å². The number of benzene rings is 1. The van der Waals surface area contributed by atoms with Crippen molar-refractivity contribution in [2.24, 2.45) is 11.5 Å². The van der Waals surface area contributed by atoms with E-state index in [0.717, 1.165) is 19.3 Å². The van der Waals surface area contributed by atoms with E-state index in [2.05, 4.69) is 15.9 Å². The second kappa shape index (κ2) is 4.99. The zero-order valence-corrected chi connectivity index (χ0v) is 11.7. The highest BCUT2D eigenvalue weighted by Gasteiger charge is 2.42. The molecule has 1 aliphatic rings. The monoisotopic (exact) mass is 311 g/mol. The van der Waals surface area contributed by atoms with Crippen molar-refractivity contribution >= 4 is 27.4 Å². The lowest BCUT2D eigenvalue weighted by Gasteiger charge is -2.37. The first-order valence-corrected chi connectivity index (χ1v) is 6.89. The summed E-state index contributed by atoms with van der Waals surface area (Å²) in [6.07, 6.45) is 3.44. The highest BCUT2D eigenvalue weighted by atomic mass is 79.9. The molecule has 1 saturated carbocycles. The van der Waals surface area contributed by atoms with Gasteiger partial charge >= 0.3 is 0 Å². The fourth-order valence-electron chi connectivity index (χ4n) is 2.44. The lowest BCUT2D eigenvalue weighted by Crippen LogP contribution is -2.62. The second-order valence-corrected chi connectivity index (χ2v) is 5.81. The van der Waals surface area contributed by atoms with Gasteiger partial charge in [-0.25, -0.2) is 0 Å². The highest BCUT2D eigenvalue weighted by Crippen LogP contribution is 2.30. The van der Waals surface area contributed by atoms with E-state index in [9.17, 15) is 4.79 Å². The third-order valence-electron chi connectivity index (χ3n) is 3.70. The lowest BCUT2D eigenvalue weighted by molar-refractivity contribution is 0.0822. The van der Waals surface area contributed by atoms with Crippen LogP contribution in [-0.2, 0) is 0 Å². The van der Waals surface area contributed by atoms with E-state index in [1.807, 2.05) is 0 Å². The second-order valence-electron chi connectivity index (χ2n) is 4.96. The van der Waals surface area contributed by atoms with E-state index in [4.69, 9.17) is 17.2 Å². The molecular formula is C13H18BrN3O. The van der Waals surface area contributed by atoms with Crippen LogP contribution in [0.5, 0.6) is 0 Å². The quantitative estimate of drug-likeness (QED) is 0.573. The number of Topliss-reactive ketones (excluding diaryl/α,β-unsaturated/α-hetero) is 1. The molecule has 1 fully saturated rings. The number of carbonyl (C=O) groups excluding carboxylic acids is 1. The Hall–Kier alpha value is -0.910. The summed E-state index contributed by atoms with van der Waals surface area (Å²) in [6.45, 7) is 0. The third-order valence-corrected chi connectivity index (χ3v) is 4.39. The SMILES string of the molecule is Nc1ccc(C(=O)C2(N)CCCCC2N)cc1Br. The molecule has 18 heavy (non-hydrogen) atoms. The summed E-state index contributed by atoms with van der Waals surface area (Å²) in [5.74, 6) is -0.0876. The number of hydrogen-bond acceptors (Lipinski definition) is 4. The Bertz CT molecular complexity index is 477. The van der Waals surface area contributed by atoms with Crippen molar-refractivity contribution in [1.82, 2.24) is 0 Å². The smallest absolute Gasteiger partial charge is 0.184 e. The molecule has 1 aromatic carbocycles. The summed E-state index contributed by atoms with van der Waals surface area (Å²) in [5.41, 5.74) is 18.2. The van der Waals surface area contributed by atoms with Crippen molar-refractivity contribution in [3.05, 3.63) is 28.2 Å². The van der Waals surface area contributed by atoms with Gasteiger partial charge in [0, 0.05) is 21.8 Å². The number of anilines is 1. The number of rotatable bonds is 2. The fourth-order valence-corrected chi connectivity index (χ4v) is 2.82. The summed E-state index contributed by atoms with van der Waals surface area (Å²) in [7, 11) is 0. The molecule has 0 heterocycles. The largest absolute Gasteiger partial charge is 0.398 e. The average molecular weight is 312 g/mol. The summed E-state index contributed by atoms with van der Waals surface area (Å²) in [6, 6.07) is 4.86. The van der Waals surface area contributed by atoms with Crippen LogP contribution in [0, 0.1) is 0 Å². The standard InChI is InChI=1S/C13H18BrN3O/c14-9-7-8(4-5-10(9)15)12(18)13(17)6-2-1-3-11(13)16/h4-5,7,11H,1-3,6,15-17H2. The van der Waals surface area contributed by atoms with Gasteiger partial charge in [0.05, 0.1) is 5.54 Å². The average Bonchev–Trinajstić information content (AvgIpc) is 2.35. The van der Waals surface area contributed by atoms with Crippen molar-refractivity contribution in [3.63, 3.8) is 0 Å². The van der Waals surface area contributed by atoms with Crippen LogP contribution < -0.4 is 17.2 Å². The van der Waals surface area contributed by atoms with Crippen LogP contribution in [0.2, 0.25) is 0 Å². The number of halogens is 1. The molecule has 0 amide bonds. The van der Waals surface area contributed by atoms with Crippen molar-refractivity contribution in [3.8, 4) is 0 Å². The lowest BCUT2D eigenvalue weighted by atomic mass is 9.74. The molecule has 98 valence electrons. The molecule has 0 bridgehead atoms. The zero-order chi connectivity index (χ0) is 13.3. The van der Waals surface area contributed by atoms with Gasteiger partial charge in [0.1, 0.15) is 0 Å². The molecule has 0 aromatic heterocycles. The van der Waals surface area contributed by atoms with Crippen LogP contribution >= 0.6 is 15.9 Å². The first-order chi connectivity index (χ1) is 8.45. The Labute approximate surface area is 115 Å². The predicted molar refractivity (Wildman–Crippen MR) is 76.2 cm³/mol. The molecule has 6 N–H and O–H groups in total. The Kier molecular flexibility index (Phi) is 3.75. The van der Waals surface area contributed by atoms with Crippen LogP contribution in [0.4, 0.5) is 5.69 Å². The third kappa shape index (κ3) is 2.30. The minimum Gasteiger partial charge on any atom is -0.398 e. The Balaban J connectivity index is 2.32. The first kappa shape index (κ1) is 13.5. The Morgan fingerprint density at radius 1 is 1.39 bits per heavy atom. The van der Waals surface area contributed by atoms with Crippen molar-refractivity contribution < 1.29 is 4.79 Å². The highest BCUT2D eigenvalue weighted by molar-refractivity contribution is 9.10. The van der Waals surface area contributed by atoms with Crippen LogP contribution in [0.1, 0.15) is 36.0 Å². The summed E-state index contributed by atoms with van der Waals surface area (Å²) < 4.78 is 0.710. The van der Waals surface area contributed by atoms with Gasteiger partial charge in [-0.3, -0.25) is 4.79 Å². The molecular weight excluding hydrogens is 294 g/mol. The van der Waals surface area contributed by atoms with E-state index in [1.165, 1.54) is 0 Å². The van der Waals surface area contributed by atoms with Crippen molar-refractivity contribution in [1.29, 1.82) is 0 Å².